The van der Waals surface area contributed by atoms with Crippen molar-refractivity contribution < 1.29 is 14.9 Å². The van der Waals surface area contributed by atoms with Gasteiger partial charge in [-0.05, 0) is 97.3 Å². The molecule has 1 heterocycles. The Kier molecular flexibility index (Phi) is 10.6. The van der Waals surface area contributed by atoms with Gasteiger partial charge in [0.1, 0.15) is 18.1 Å². The molecule has 5 nitrogen and oxygen atoms in total. The van der Waals surface area contributed by atoms with Crippen LogP contribution < -0.4 is 5.32 Å². The van der Waals surface area contributed by atoms with E-state index in [1.165, 1.54) is 23.1 Å². The van der Waals surface area contributed by atoms with E-state index in [0.717, 1.165) is 56.4 Å². The summed E-state index contributed by atoms with van der Waals surface area (Å²) in [5.74, 6) is 2.35. The Morgan fingerprint density at radius 3 is 2.58 bits per heavy atom. The topological polar surface area (TPSA) is 65.0 Å². The van der Waals surface area contributed by atoms with Crippen molar-refractivity contribution in [3.63, 3.8) is 0 Å². The molecule has 2 aromatic rings. The van der Waals surface area contributed by atoms with Crippen molar-refractivity contribution in [1.82, 2.24) is 10.2 Å². The SMILES string of the molecule is CCNC[C@@H]1CCN(CCOC2=CC(C)C(/C(=C(/CCCO)c3ccccc3)c3ccc(O)cc3)C=C2)C1. The molecule has 0 saturated carbocycles. The number of benzene rings is 2. The summed E-state index contributed by atoms with van der Waals surface area (Å²) in [5, 5.41) is 23.1. The van der Waals surface area contributed by atoms with Crippen LogP contribution in [-0.2, 0) is 4.74 Å². The van der Waals surface area contributed by atoms with E-state index in [-0.39, 0.29) is 24.2 Å². The molecule has 1 aliphatic heterocycles. The van der Waals surface area contributed by atoms with Gasteiger partial charge in [0.2, 0.25) is 0 Å². The van der Waals surface area contributed by atoms with Crippen LogP contribution in [0.25, 0.3) is 11.1 Å². The minimum absolute atomic E-state index is 0.153. The number of likely N-dealkylation sites (tertiary alicyclic amines) is 1. The van der Waals surface area contributed by atoms with E-state index in [0.29, 0.717) is 13.0 Å². The molecular weight excluding hydrogens is 472 g/mol. The van der Waals surface area contributed by atoms with E-state index in [4.69, 9.17) is 4.74 Å². The Hall–Kier alpha value is -2.86. The van der Waals surface area contributed by atoms with E-state index < -0.39 is 0 Å². The standard InChI is InChI=1S/C33H44N2O3/c1-3-34-23-26-17-18-35(24-26)19-21-38-30-15-16-31(25(2)22-30)33(28-11-13-29(37)14-12-28)32(10-7-20-36)27-8-5-4-6-9-27/h4-6,8-9,11-16,22,25-26,31,34,36-37H,3,7,10,17-21,23-24H2,1-2H3/b33-32-/t25?,26-,31?/m0/s1. The highest BCUT2D eigenvalue weighted by Gasteiger charge is 2.26. The number of aromatic hydroxyl groups is 1. The second-order valence-electron chi connectivity index (χ2n) is 10.6. The van der Waals surface area contributed by atoms with E-state index >= 15 is 0 Å². The van der Waals surface area contributed by atoms with Gasteiger partial charge in [-0.25, -0.2) is 0 Å². The Labute approximate surface area is 228 Å². The summed E-state index contributed by atoms with van der Waals surface area (Å²) in [4.78, 5) is 2.51. The number of ether oxygens (including phenoxy) is 1. The quantitative estimate of drug-likeness (QED) is 0.297. The van der Waals surface area contributed by atoms with Crippen LogP contribution in [0.15, 0.2) is 78.6 Å². The van der Waals surface area contributed by atoms with Gasteiger partial charge in [0.25, 0.3) is 0 Å². The van der Waals surface area contributed by atoms with E-state index in [1.54, 1.807) is 12.1 Å². The van der Waals surface area contributed by atoms with Gasteiger partial charge in [-0.1, -0.05) is 62.4 Å². The Morgan fingerprint density at radius 2 is 1.87 bits per heavy atom. The van der Waals surface area contributed by atoms with Gasteiger partial charge in [0, 0.05) is 25.6 Å². The van der Waals surface area contributed by atoms with E-state index in [2.05, 4.69) is 66.6 Å². The normalized spacial score (nSPS) is 22.3. The van der Waals surface area contributed by atoms with Crippen LogP contribution in [0, 0.1) is 17.8 Å². The molecule has 0 spiro atoms. The minimum atomic E-state index is 0.153. The molecule has 0 amide bonds. The second-order valence-corrected chi connectivity index (χ2v) is 10.6. The lowest BCUT2D eigenvalue weighted by molar-refractivity contribution is 0.174. The molecule has 0 aromatic heterocycles. The highest BCUT2D eigenvalue weighted by atomic mass is 16.5. The van der Waals surface area contributed by atoms with Crippen molar-refractivity contribution in [2.75, 3.05) is 45.9 Å². The maximum absolute atomic E-state index is 9.95. The maximum Gasteiger partial charge on any atom is 0.115 e. The molecule has 3 N–H and O–H groups in total. The number of nitrogens with zero attached hydrogens (tertiary/aromatic N) is 1. The Bertz CT molecular complexity index is 1090. The predicted molar refractivity (Wildman–Crippen MR) is 157 cm³/mol. The lowest BCUT2D eigenvalue weighted by Gasteiger charge is -2.29. The molecule has 2 aromatic carbocycles. The van der Waals surface area contributed by atoms with Crippen LogP contribution in [0.4, 0.5) is 0 Å². The third-order valence-corrected chi connectivity index (χ3v) is 7.73. The second kappa shape index (κ2) is 14.3. The van der Waals surface area contributed by atoms with Crippen LogP contribution in [0.3, 0.4) is 0 Å². The molecule has 38 heavy (non-hydrogen) atoms. The molecule has 2 aliphatic rings. The summed E-state index contributed by atoms with van der Waals surface area (Å²) in [6.45, 7) is 10.7. The smallest absolute Gasteiger partial charge is 0.115 e. The third kappa shape index (κ3) is 7.59. The van der Waals surface area contributed by atoms with Crippen LogP contribution in [0.2, 0.25) is 0 Å². The molecule has 204 valence electrons. The van der Waals surface area contributed by atoms with Crippen LogP contribution in [-0.4, -0.2) is 61.1 Å². The van der Waals surface area contributed by atoms with Crippen molar-refractivity contribution in [3.05, 3.63) is 89.7 Å². The fourth-order valence-electron chi connectivity index (χ4n) is 5.71. The van der Waals surface area contributed by atoms with E-state index in [9.17, 15) is 10.2 Å². The summed E-state index contributed by atoms with van der Waals surface area (Å²) in [6, 6.07) is 18.0. The molecule has 1 saturated heterocycles. The maximum atomic E-state index is 9.95. The largest absolute Gasteiger partial charge is 0.508 e. The van der Waals surface area contributed by atoms with Crippen molar-refractivity contribution in [1.29, 1.82) is 0 Å². The zero-order valence-corrected chi connectivity index (χ0v) is 23.0. The molecular formula is C33H44N2O3. The first-order chi connectivity index (χ1) is 18.6. The highest BCUT2D eigenvalue weighted by Crippen LogP contribution is 2.41. The van der Waals surface area contributed by atoms with Gasteiger partial charge in [0.15, 0.2) is 0 Å². The Balaban J connectivity index is 1.50. The summed E-state index contributed by atoms with van der Waals surface area (Å²) in [6.07, 6.45) is 9.39. The number of phenolic OH excluding ortho intramolecular Hbond substituents is 1. The highest BCUT2D eigenvalue weighted by molar-refractivity contribution is 5.93. The molecule has 3 atom stereocenters. The first kappa shape index (κ1) is 28.2. The minimum Gasteiger partial charge on any atom is -0.508 e. The number of phenols is 1. The van der Waals surface area contributed by atoms with Gasteiger partial charge >= 0.3 is 0 Å². The zero-order valence-electron chi connectivity index (χ0n) is 23.0. The van der Waals surface area contributed by atoms with Gasteiger partial charge in [0.05, 0.1) is 0 Å². The number of allylic oxidation sites excluding steroid dienone is 5. The van der Waals surface area contributed by atoms with Crippen molar-refractivity contribution >= 4 is 11.1 Å². The number of rotatable bonds is 13. The molecule has 4 rings (SSSR count). The first-order valence-corrected chi connectivity index (χ1v) is 14.2. The summed E-state index contributed by atoms with van der Waals surface area (Å²) < 4.78 is 6.23. The lowest BCUT2D eigenvalue weighted by Crippen LogP contribution is -2.28. The van der Waals surface area contributed by atoms with Crippen molar-refractivity contribution in [3.8, 4) is 5.75 Å². The fraction of sp³-hybridized carbons (Fsp3) is 0.455. The average Bonchev–Trinajstić information content (AvgIpc) is 3.39. The predicted octanol–water partition coefficient (Wildman–Crippen LogP) is 5.73. The zero-order chi connectivity index (χ0) is 26.7. The van der Waals surface area contributed by atoms with Crippen LogP contribution in [0.5, 0.6) is 5.75 Å². The van der Waals surface area contributed by atoms with Crippen LogP contribution in [0.1, 0.15) is 44.2 Å². The first-order valence-electron chi connectivity index (χ1n) is 14.2. The molecule has 0 radical (unpaired) electrons. The van der Waals surface area contributed by atoms with Gasteiger partial charge in [-0.3, -0.25) is 4.90 Å². The van der Waals surface area contributed by atoms with E-state index in [1.807, 2.05) is 18.2 Å². The lowest BCUT2D eigenvalue weighted by atomic mass is 9.76. The van der Waals surface area contributed by atoms with Gasteiger partial charge < -0.3 is 20.3 Å². The van der Waals surface area contributed by atoms with Gasteiger partial charge in [-0.2, -0.15) is 0 Å². The molecule has 1 aliphatic carbocycles. The number of aliphatic hydroxyl groups is 1. The van der Waals surface area contributed by atoms with Crippen molar-refractivity contribution in [2.45, 2.75) is 33.1 Å². The fourth-order valence-corrected chi connectivity index (χ4v) is 5.71. The molecule has 1 fully saturated rings. The van der Waals surface area contributed by atoms with Crippen LogP contribution >= 0.6 is 0 Å². The molecule has 2 unspecified atom stereocenters. The molecule has 0 bridgehead atoms. The number of nitrogens with one attached hydrogen (secondary N) is 1. The molecule has 5 heteroatoms. The monoisotopic (exact) mass is 516 g/mol. The number of hydrogen-bond acceptors (Lipinski definition) is 5. The number of hydrogen-bond donors (Lipinski definition) is 3. The summed E-state index contributed by atoms with van der Waals surface area (Å²) >= 11 is 0. The van der Waals surface area contributed by atoms with Gasteiger partial charge in [-0.15, -0.1) is 0 Å². The number of aliphatic hydroxyl groups excluding tert-OH is 1. The average molecular weight is 517 g/mol. The third-order valence-electron chi connectivity index (χ3n) is 7.73. The summed E-state index contributed by atoms with van der Waals surface area (Å²) in [5.41, 5.74) is 4.76. The summed E-state index contributed by atoms with van der Waals surface area (Å²) in [7, 11) is 0. The Morgan fingerprint density at radius 1 is 1.08 bits per heavy atom. The van der Waals surface area contributed by atoms with Crippen molar-refractivity contribution in [2.24, 2.45) is 17.8 Å².